The summed E-state index contributed by atoms with van der Waals surface area (Å²) in [5, 5.41) is 9.47. The van der Waals surface area contributed by atoms with Crippen molar-refractivity contribution in [3.63, 3.8) is 0 Å². The number of fused-ring (bicyclic) bond motifs is 1. The second-order valence-corrected chi connectivity index (χ2v) is 5.75. The average Bonchev–Trinajstić information content (AvgIpc) is 2.53. The highest BCUT2D eigenvalue weighted by Gasteiger charge is 2.19. The Balaban J connectivity index is 1.98. The lowest BCUT2D eigenvalue weighted by Crippen LogP contribution is -2.30. The molecule has 0 atom stereocenters. The fraction of sp³-hybridized carbons (Fsp3) is 0.235. The molecule has 0 radical (unpaired) electrons. The molecule has 20 heavy (non-hydrogen) atoms. The molecule has 100 valence electrons. The molecule has 2 aromatic carbocycles. The Morgan fingerprint density at radius 1 is 1.10 bits per heavy atom. The van der Waals surface area contributed by atoms with Gasteiger partial charge in [-0.1, -0.05) is 30.3 Å². The second-order valence-electron chi connectivity index (χ2n) is 4.91. The summed E-state index contributed by atoms with van der Waals surface area (Å²) in [6, 6.07) is 17.1. The molecule has 0 fully saturated rings. The summed E-state index contributed by atoms with van der Waals surface area (Å²) in [5.74, 6) is 0. The Labute approximate surface area is 124 Å². The molecule has 0 aromatic heterocycles. The van der Waals surface area contributed by atoms with Crippen molar-refractivity contribution in [1.29, 1.82) is 5.26 Å². The third-order valence-corrected chi connectivity index (χ3v) is 4.59. The highest BCUT2D eigenvalue weighted by molar-refractivity contribution is 7.98. The van der Waals surface area contributed by atoms with E-state index in [1.54, 1.807) is 11.8 Å². The van der Waals surface area contributed by atoms with Crippen molar-refractivity contribution in [3.05, 3.63) is 59.2 Å². The zero-order valence-corrected chi connectivity index (χ0v) is 12.3. The summed E-state index contributed by atoms with van der Waals surface area (Å²) >= 11 is 1.63. The first-order chi connectivity index (χ1) is 9.83. The minimum atomic E-state index is 0.805. The first kappa shape index (κ1) is 13.1. The van der Waals surface area contributed by atoms with Gasteiger partial charge >= 0.3 is 0 Å². The number of benzene rings is 2. The van der Waals surface area contributed by atoms with E-state index in [1.165, 1.54) is 11.1 Å². The van der Waals surface area contributed by atoms with E-state index in [0.717, 1.165) is 35.7 Å². The van der Waals surface area contributed by atoms with E-state index in [2.05, 4.69) is 41.3 Å². The van der Waals surface area contributed by atoms with Gasteiger partial charge in [0, 0.05) is 18.0 Å². The standard InChI is InChI=1S/C17H16N2S/c1-20-17-8-4-7-16(15(17)11-18)19-10-9-13-5-2-3-6-14(13)12-19/h2-8H,9-10,12H2,1H3. The van der Waals surface area contributed by atoms with Crippen LogP contribution in [0.1, 0.15) is 16.7 Å². The van der Waals surface area contributed by atoms with Crippen LogP contribution >= 0.6 is 11.8 Å². The van der Waals surface area contributed by atoms with Gasteiger partial charge in [-0.3, -0.25) is 0 Å². The smallest absolute Gasteiger partial charge is 0.103 e. The topological polar surface area (TPSA) is 27.0 Å². The molecule has 0 saturated heterocycles. The maximum atomic E-state index is 9.47. The van der Waals surface area contributed by atoms with E-state index in [0.29, 0.717) is 0 Å². The molecule has 0 N–H and O–H groups in total. The molecule has 0 spiro atoms. The van der Waals surface area contributed by atoms with Crippen molar-refractivity contribution >= 4 is 17.4 Å². The van der Waals surface area contributed by atoms with E-state index >= 15 is 0 Å². The van der Waals surface area contributed by atoms with E-state index in [9.17, 15) is 5.26 Å². The van der Waals surface area contributed by atoms with Gasteiger partial charge in [-0.05, 0) is 35.9 Å². The Bertz CT molecular complexity index is 673. The molecule has 1 aliphatic heterocycles. The Hall–Kier alpha value is -1.92. The second kappa shape index (κ2) is 5.60. The van der Waals surface area contributed by atoms with Gasteiger partial charge in [-0.15, -0.1) is 11.8 Å². The molecule has 0 amide bonds. The molecule has 0 aliphatic carbocycles. The van der Waals surface area contributed by atoms with Crippen LogP contribution in [0.2, 0.25) is 0 Å². The summed E-state index contributed by atoms with van der Waals surface area (Å²) in [5.41, 5.74) is 4.67. The lowest BCUT2D eigenvalue weighted by molar-refractivity contribution is 0.730. The fourth-order valence-corrected chi connectivity index (χ4v) is 3.34. The molecule has 0 unspecified atom stereocenters. The van der Waals surface area contributed by atoms with Gasteiger partial charge < -0.3 is 4.90 Å². The Morgan fingerprint density at radius 2 is 1.90 bits per heavy atom. The van der Waals surface area contributed by atoms with Crippen LogP contribution in [0.3, 0.4) is 0 Å². The van der Waals surface area contributed by atoms with E-state index < -0.39 is 0 Å². The van der Waals surface area contributed by atoms with Gasteiger partial charge in [-0.25, -0.2) is 0 Å². The Kier molecular flexibility index (Phi) is 3.66. The minimum Gasteiger partial charge on any atom is -0.366 e. The zero-order chi connectivity index (χ0) is 13.9. The predicted molar refractivity (Wildman–Crippen MR) is 84.1 cm³/mol. The number of anilines is 1. The molecule has 2 nitrogen and oxygen atoms in total. The summed E-state index contributed by atoms with van der Waals surface area (Å²) in [6.45, 7) is 1.87. The summed E-state index contributed by atoms with van der Waals surface area (Å²) in [7, 11) is 0. The summed E-state index contributed by atoms with van der Waals surface area (Å²) < 4.78 is 0. The van der Waals surface area contributed by atoms with Gasteiger partial charge in [0.2, 0.25) is 0 Å². The molecular weight excluding hydrogens is 264 g/mol. The van der Waals surface area contributed by atoms with Crippen molar-refractivity contribution < 1.29 is 0 Å². The van der Waals surface area contributed by atoms with Crippen LogP contribution in [0.5, 0.6) is 0 Å². The number of nitrogens with zero attached hydrogens (tertiary/aromatic N) is 2. The highest BCUT2D eigenvalue weighted by atomic mass is 32.2. The van der Waals surface area contributed by atoms with Crippen LogP contribution in [0, 0.1) is 11.3 Å². The van der Waals surface area contributed by atoms with Crippen molar-refractivity contribution in [2.75, 3.05) is 17.7 Å². The fourth-order valence-electron chi connectivity index (χ4n) is 2.77. The van der Waals surface area contributed by atoms with Crippen molar-refractivity contribution in [3.8, 4) is 6.07 Å². The quantitative estimate of drug-likeness (QED) is 0.782. The third kappa shape index (κ3) is 2.28. The van der Waals surface area contributed by atoms with E-state index in [-0.39, 0.29) is 0 Å². The number of thioether (sulfide) groups is 1. The van der Waals surface area contributed by atoms with Crippen LogP contribution in [0.4, 0.5) is 5.69 Å². The van der Waals surface area contributed by atoms with Crippen LogP contribution < -0.4 is 4.90 Å². The van der Waals surface area contributed by atoms with Crippen molar-refractivity contribution in [2.45, 2.75) is 17.9 Å². The lowest BCUT2D eigenvalue weighted by Gasteiger charge is -2.31. The van der Waals surface area contributed by atoms with Gasteiger partial charge in [0.25, 0.3) is 0 Å². The van der Waals surface area contributed by atoms with Crippen molar-refractivity contribution in [1.82, 2.24) is 0 Å². The van der Waals surface area contributed by atoms with E-state index in [4.69, 9.17) is 0 Å². The molecular formula is C17H16N2S. The largest absolute Gasteiger partial charge is 0.366 e. The van der Waals surface area contributed by atoms with Gasteiger partial charge in [0.1, 0.15) is 6.07 Å². The van der Waals surface area contributed by atoms with Gasteiger partial charge in [0.05, 0.1) is 11.3 Å². The van der Waals surface area contributed by atoms with E-state index in [1.807, 2.05) is 18.4 Å². The molecule has 0 saturated carbocycles. The Morgan fingerprint density at radius 3 is 2.65 bits per heavy atom. The first-order valence-corrected chi connectivity index (χ1v) is 7.95. The molecule has 3 rings (SSSR count). The molecule has 3 heteroatoms. The third-order valence-electron chi connectivity index (χ3n) is 3.81. The zero-order valence-electron chi connectivity index (χ0n) is 11.5. The number of rotatable bonds is 2. The number of nitriles is 1. The van der Waals surface area contributed by atoms with Gasteiger partial charge in [-0.2, -0.15) is 5.26 Å². The SMILES string of the molecule is CSc1cccc(N2CCc3ccccc3C2)c1C#N. The first-order valence-electron chi connectivity index (χ1n) is 6.72. The maximum absolute atomic E-state index is 9.47. The van der Waals surface area contributed by atoms with Crippen LogP contribution in [-0.2, 0) is 13.0 Å². The molecule has 1 heterocycles. The van der Waals surface area contributed by atoms with Crippen LogP contribution in [0.15, 0.2) is 47.4 Å². The molecule has 2 aromatic rings. The monoisotopic (exact) mass is 280 g/mol. The summed E-state index contributed by atoms with van der Waals surface area (Å²) in [6.07, 6.45) is 3.07. The van der Waals surface area contributed by atoms with Crippen LogP contribution in [-0.4, -0.2) is 12.8 Å². The predicted octanol–water partition coefficient (Wildman–Crippen LogP) is 3.84. The number of hydrogen-bond acceptors (Lipinski definition) is 3. The normalized spacial score (nSPS) is 13.7. The average molecular weight is 280 g/mol. The van der Waals surface area contributed by atoms with Gasteiger partial charge in [0.15, 0.2) is 0 Å². The number of hydrogen-bond donors (Lipinski definition) is 0. The van der Waals surface area contributed by atoms with Crippen molar-refractivity contribution in [2.24, 2.45) is 0 Å². The molecule has 0 bridgehead atoms. The molecule has 1 aliphatic rings. The minimum absolute atomic E-state index is 0.805. The maximum Gasteiger partial charge on any atom is 0.103 e. The summed E-state index contributed by atoms with van der Waals surface area (Å²) in [4.78, 5) is 3.38. The highest BCUT2D eigenvalue weighted by Crippen LogP contribution is 2.32. The lowest BCUT2D eigenvalue weighted by atomic mass is 9.99. The van der Waals surface area contributed by atoms with Crippen LogP contribution in [0.25, 0.3) is 0 Å².